The number of carbonyl (C=O) groups is 1. The van der Waals surface area contributed by atoms with Gasteiger partial charge in [-0.05, 0) is 65.6 Å². The van der Waals surface area contributed by atoms with Crippen molar-refractivity contribution in [2.24, 2.45) is 5.92 Å². The molecule has 2 aliphatic rings. The molecule has 1 amide bonds. The van der Waals surface area contributed by atoms with Gasteiger partial charge < -0.3 is 24.2 Å². The van der Waals surface area contributed by atoms with Crippen LogP contribution in [0.4, 0.5) is 11.4 Å². The first kappa shape index (κ1) is 41.3. The van der Waals surface area contributed by atoms with Gasteiger partial charge in [-0.2, -0.15) is 0 Å². The minimum absolute atomic E-state index is 0.123. The second-order valence-corrected chi connectivity index (χ2v) is 21.0. The molecule has 1 N–H and O–H groups in total. The van der Waals surface area contributed by atoms with Crippen molar-refractivity contribution in [2.45, 2.75) is 62.7 Å². The number of hydrogen-bond acceptors (Lipinski definition) is 10. The number of nitro groups is 1. The van der Waals surface area contributed by atoms with Crippen molar-refractivity contribution in [2.75, 3.05) is 25.7 Å². The number of aliphatic hydroxyl groups excluding tert-OH is 1. The van der Waals surface area contributed by atoms with Crippen molar-refractivity contribution >= 4 is 30.5 Å². The van der Waals surface area contributed by atoms with Gasteiger partial charge in [0.15, 0.2) is 11.4 Å². The smallest absolute Gasteiger partial charge is 0.297 e. The second-order valence-electron chi connectivity index (χ2n) is 16.3. The molecule has 8 rings (SSSR count). The summed E-state index contributed by atoms with van der Waals surface area (Å²) in [6.07, 6.45) is 3.51. The summed E-state index contributed by atoms with van der Waals surface area (Å²) >= 11 is 0. The standard InChI is InChI=1S/C46H48N6O8Si/c1-30-43(61(4,5)36-19-17-35(58-2)18-20-36)41(22-24-49-28-39(47-48-49)37(29-53)32-12-7-6-8-13-32)60-46(30)38-26-34(52(56)57)16-21-40(38)51(45(46)55)27-31-11-9-14-33(25-31)50-23-10-15-42(59-3)44(50)54/h6-21,23,25-26,28,30,37,41,43,53H,22,24,27,29H2,1-5H3/t30-,37?,41+,43-,46+/m1/s1. The van der Waals surface area contributed by atoms with Gasteiger partial charge in [-0.3, -0.25) is 29.0 Å². The van der Waals surface area contributed by atoms with E-state index in [1.54, 1.807) is 41.1 Å². The van der Waals surface area contributed by atoms with Crippen molar-refractivity contribution < 1.29 is 29.0 Å². The molecule has 5 atom stereocenters. The quantitative estimate of drug-likeness (QED) is 0.0745. The van der Waals surface area contributed by atoms with Gasteiger partial charge in [-0.1, -0.05) is 85.0 Å². The van der Waals surface area contributed by atoms with E-state index in [1.165, 1.54) is 23.8 Å². The van der Waals surface area contributed by atoms with Gasteiger partial charge in [0.1, 0.15) is 5.75 Å². The van der Waals surface area contributed by atoms with E-state index in [2.05, 4.69) is 35.5 Å². The molecule has 1 unspecified atom stereocenters. The van der Waals surface area contributed by atoms with Crippen LogP contribution in [0.25, 0.3) is 5.69 Å². The highest BCUT2D eigenvalue weighted by Crippen LogP contribution is 2.60. The maximum atomic E-state index is 15.4. The van der Waals surface area contributed by atoms with E-state index in [0.29, 0.717) is 35.6 Å². The molecule has 61 heavy (non-hydrogen) atoms. The molecular weight excluding hydrogens is 793 g/mol. The highest BCUT2D eigenvalue weighted by molar-refractivity contribution is 6.91. The molecule has 6 aromatic rings. The summed E-state index contributed by atoms with van der Waals surface area (Å²) in [6, 6.07) is 33.0. The van der Waals surface area contributed by atoms with Crippen LogP contribution >= 0.6 is 0 Å². The van der Waals surface area contributed by atoms with Crippen LogP contribution in [0.15, 0.2) is 126 Å². The number of ether oxygens (including phenoxy) is 3. The van der Waals surface area contributed by atoms with Crippen LogP contribution in [0, 0.1) is 16.0 Å². The highest BCUT2D eigenvalue weighted by Gasteiger charge is 2.66. The Kier molecular flexibility index (Phi) is 11.2. The lowest BCUT2D eigenvalue weighted by Crippen LogP contribution is -2.51. The number of amides is 1. The molecule has 0 bridgehead atoms. The third-order valence-electron chi connectivity index (χ3n) is 12.6. The lowest BCUT2D eigenvalue weighted by Gasteiger charge is -2.37. The maximum absolute atomic E-state index is 15.4. The number of non-ortho nitro benzene ring substituents is 1. The summed E-state index contributed by atoms with van der Waals surface area (Å²) in [5.41, 5.74) is 1.75. The molecule has 2 aromatic heterocycles. The van der Waals surface area contributed by atoms with Gasteiger partial charge in [0.2, 0.25) is 0 Å². The average molecular weight is 841 g/mol. The zero-order valence-corrected chi connectivity index (χ0v) is 35.7. The van der Waals surface area contributed by atoms with E-state index >= 15 is 4.79 Å². The fourth-order valence-corrected chi connectivity index (χ4v) is 13.6. The minimum atomic E-state index is -2.55. The molecule has 2 aliphatic heterocycles. The van der Waals surface area contributed by atoms with Crippen LogP contribution in [-0.4, -0.2) is 70.5 Å². The Labute approximate surface area is 354 Å². The molecule has 314 valence electrons. The first-order chi connectivity index (χ1) is 29.4. The number of rotatable bonds is 14. The Balaban J connectivity index is 1.18. The number of aromatic nitrogens is 4. The van der Waals surface area contributed by atoms with Crippen molar-refractivity contribution in [3.63, 3.8) is 0 Å². The first-order valence-electron chi connectivity index (χ1n) is 20.2. The fourth-order valence-electron chi connectivity index (χ4n) is 9.56. The predicted molar refractivity (Wildman–Crippen MR) is 232 cm³/mol. The summed E-state index contributed by atoms with van der Waals surface area (Å²) in [4.78, 5) is 42.1. The summed E-state index contributed by atoms with van der Waals surface area (Å²) in [5, 5.41) is 32.7. The molecule has 1 fully saturated rings. The number of carbonyl (C=O) groups excluding carboxylic acids is 1. The molecule has 0 aliphatic carbocycles. The zero-order valence-electron chi connectivity index (χ0n) is 34.7. The molecule has 0 radical (unpaired) electrons. The Hall–Kier alpha value is -6.42. The third kappa shape index (κ3) is 7.32. The highest BCUT2D eigenvalue weighted by atomic mass is 28.3. The maximum Gasteiger partial charge on any atom is 0.297 e. The summed E-state index contributed by atoms with van der Waals surface area (Å²) in [7, 11) is 0.526. The number of nitrogens with zero attached hydrogens (tertiary/aromatic N) is 6. The number of benzene rings is 4. The molecule has 0 saturated carbocycles. The van der Waals surface area contributed by atoms with E-state index in [0.717, 1.165) is 22.1 Å². The summed E-state index contributed by atoms with van der Waals surface area (Å²) in [5.74, 6) is -0.128. The fraction of sp³-hybridized carbons (Fsp3) is 0.304. The lowest BCUT2D eigenvalue weighted by molar-refractivity contribution is -0.385. The monoisotopic (exact) mass is 840 g/mol. The zero-order chi connectivity index (χ0) is 43.1. The van der Waals surface area contributed by atoms with Crippen molar-refractivity contribution in [3.8, 4) is 17.2 Å². The molecule has 15 heteroatoms. The van der Waals surface area contributed by atoms with Crippen LogP contribution in [0.2, 0.25) is 18.6 Å². The number of aryl methyl sites for hydroxylation is 1. The molecule has 1 spiro atoms. The number of aliphatic hydroxyl groups is 1. The number of nitro benzene ring substituents is 1. The van der Waals surface area contributed by atoms with E-state index < -0.39 is 30.6 Å². The van der Waals surface area contributed by atoms with Crippen molar-refractivity contribution in [3.05, 3.63) is 164 Å². The Morgan fingerprint density at radius 3 is 2.43 bits per heavy atom. The largest absolute Gasteiger partial charge is 0.497 e. The van der Waals surface area contributed by atoms with Crippen LogP contribution in [-0.2, 0) is 28.2 Å². The first-order valence-corrected chi connectivity index (χ1v) is 23.3. The van der Waals surface area contributed by atoms with Crippen molar-refractivity contribution in [1.82, 2.24) is 19.6 Å². The van der Waals surface area contributed by atoms with Gasteiger partial charge in [-0.15, -0.1) is 5.10 Å². The van der Waals surface area contributed by atoms with Gasteiger partial charge in [0.25, 0.3) is 17.2 Å². The number of pyridine rings is 1. The van der Waals surface area contributed by atoms with Gasteiger partial charge in [0.05, 0.1) is 63.8 Å². The summed E-state index contributed by atoms with van der Waals surface area (Å²) < 4.78 is 21.3. The summed E-state index contributed by atoms with van der Waals surface area (Å²) in [6.45, 7) is 7.00. The molecule has 1 saturated heterocycles. The van der Waals surface area contributed by atoms with E-state index in [4.69, 9.17) is 14.2 Å². The Bertz CT molecular complexity index is 2630. The predicted octanol–water partition coefficient (Wildman–Crippen LogP) is 6.33. The van der Waals surface area contributed by atoms with E-state index in [-0.39, 0.29) is 47.5 Å². The molecular formula is C46H48N6O8Si. The number of hydrogen-bond donors (Lipinski definition) is 1. The van der Waals surface area contributed by atoms with E-state index in [9.17, 15) is 20.0 Å². The number of methoxy groups -OCH3 is 2. The second kappa shape index (κ2) is 16.6. The Morgan fingerprint density at radius 1 is 0.951 bits per heavy atom. The van der Waals surface area contributed by atoms with Crippen LogP contribution in [0.1, 0.15) is 41.6 Å². The topological polar surface area (TPSA) is 164 Å². The lowest BCUT2D eigenvalue weighted by atomic mass is 9.82. The molecule has 4 heterocycles. The molecule has 4 aromatic carbocycles. The number of fused-ring (bicyclic) bond motifs is 2. The van der Waals surface area contributed by atoms with E-state index in [1.807, 2.05) is 79.9 Å². The van der Waals surface area contributed by atoms with Gasteiger partial charge in [0, 0.05) is 48.2 Å². The van der Waals surface area contributed by atoms with Crippen LogP contribution in [0.3, 0.4) is 0 Å². The van der Waals surface area contributed by atoms with Crippen LogP contribution in [0.5, 0.6) is 11.5 Å². The third-order valence-corrected chi connectivity index (χ3v) is 17.0. The van der Waals surface area contributed by atoms with Gasteiger partial charge in [-0.25, -0.2) is 0 Å². The van der Waals surface area contributed by atoms with Crippen LogP contribution < -0.4 is 25.1 Å². The Morgan fingerprint density at radius 2 is 1.72 bits per heavy atom. The number of anilines is 1. The normalized spacial score (nSPS) is 20.2. The molecule has 14 nitrogen and oxygen atoms in total. The minimum Gasteiger partial charge on any atom is -0.497 e. The van der Waals surface area contributed by atoms with Gasteiger partial charge >= 0.3 is 0 Å². The average Bonchev–Trinajstić information content (AvgIpc) is 3.93. The van der Waals surface area contributed by atoms with Crippen molar-refractivity contribution in [1.29, 1.82) is 0 Å². The SMILES string of the molecule is COc1ccc([Si](C)(C)[C@H]2[C@H](CCn3cc(C(CO)c4ccccc4)nn3)O[C@@]3(C(=O)N(Cc4cccc(-n5cccc(OC)c5=O)c4)c4ccc([N+](=O)[O-])cc43)[C@@H]2C)cc1.